The van der Waals surface area contributed by atoms with Crippen LogP contribution in [0.5, 0.6) is 0 Å². The molecule has 272 valence electrons. The molecular weight excluding hydrogens is 655 g/mol. The fraction of sp³-hybridized carbons (Fsp3) is 0.157. The maximum Gasteiger partial charge on any atom is 0.0519 e. The summed E-state index contributed by atoms with van der Waals surface area (Å²) in [5.41, 5.74) is 16.4. The zero-order valence-electron chi connectivity index (χ0n) is 32.4. The second-order valence-electron chi connectivity index (χ2n) is 13.0. The van der Waals surface area contributed by atoms with E-state index in [1.165, 1.54) is 38.9 Å². The molecule has 1 aliphatic carbocycles. The number of likely N-dealkylation sites (N-methyl/N-ethyl adjacent to an activating group) is 1. The highest BCUT2D eigenvalue weighted by molar-refractivity contribution is 5.82. The molecule has 0 aliphatic heterocycles. The molecule has 1 aliphatic rings. The van der Waals surface area contributed by atoms with Crippen molar-refractivity contribution in [2.24, 2.45) is 0 Å². The first kappa shape index (κ1) is 39.0. The standard InChI is InChI=1S/C49H47N3.C2H6/c1-36-16-5-7-18-39(36)19-8-6-17-38-32-44(47-27-13-24-41-21-11-12-26-46(41)47)34-45(33-38)48(51-4)28-14-23-40-20-9-10-22-43(40)35-49-42(25-15-31-52-49)30-29-37(2)50-3;1-2/h5-10,12-20,22-34,50-51H,2,11,21,35H2,1,3-4H3;1-2H3/b17-6+,19-8-,23-14-,30-29-,48-28-;. The Balaban J connectivity index is 0.00000276. The van der Waals surface area contributed by atoms with Crippen LogP contribution in [0.1, 0.15) is 76.0 Å². The van der Waals surface area contributed by atoms with Crippen molar-refractivity contribution >= 4 is 36.1 Å². The topological polar surface area (TPSA) is 37.0 Å². The molecule has 2 N–H and O–H groups in total. The molecule has 0 fully saturated rings. The van der Waals surface area contributed by atoms with Gasteiger partial charge in [-0.05, 0) is 117 Å². The Hall–Kier alpha value is -6.19. The summed E-state index contributed by atoms with van der Waals surface area (Å²) >= 11 is 0. The lowest BCUT2D eigenvalue weighted by atomic mass is 9.88. The van der Waals surface area contributed by atoms with Crippen LogP contribution in [0.15, 0.2) is 152 Å². The van der Waals surface area contributed by atoms with E-state index in [-0.39, 0.29) is 0 Å². The summed E-state index contributed by atoms with van der Waals surface area (Å²) in [6.07, 6.45) is 28.5. The number of hydrogen-bond donors (Lipinski definition) is 2. The second-order valence-corrected chi connectivity index (χ2v) is 13.0. The quantitative estimate of drug-likeness (QED) is 0.120. The minimum atomic E-state index is 0.724. The van der Waals surface area contributed by atoms with Gasteiger partial charge in [0.25, 0.3) is 0 Å². The zero-order valence-corrected chi connectivity index (χ0v) is 32.4. The molecular formula is C51H53N3. The molecule has 4 aromatic carbocycles. The highest BCUT2D eigenvalue weighted by Gasteiger charge is 2.13. The highest BCUT2D eigenvalue weighted by Crippen LogP contribution is 2.33. The summed E-state index contributed by atoms with van der Waals surface area (Å²) in [6, 6.07) is 34.6. The summed E-state index contributed by atoms with van der Waals surface area (Å²) in [5, 5.41) is 6.56. The average molecular weight is 708 g/mol. The van der Waals surface area contributed by atoms with Gasteiger partial charge in [-0.1, -0.05) is 148 Å². The predicted molar refractivity (Wildman–Crippen MR) is 237 cm³/mol. The van der Waals surface area contributed by atoms with Crippen molar-refractivity contribution in [2.45, 2.75) is 40.0 Å². The van der Waals surface area contributed by atoms with Crippen LogP contribution in [0.2, 0.25) is 0 Å². The van der Waals surface area contributed by atoms with Crippen LogP contribution >= 0.6 is 0 Å². The summed E-state index contributed by atoms with van der Waals surface area (Å²) < 4.78 is 0. The average Bonchev–Trinajstić information content (AvgIpc) is 3.22. The number of aryl methyl sites for hydroxylation is 2. The van der Waals surface area contributed by atoms with E-state index in [1.807, 2.05) is 46.3 Å². The summed E-state index contributed by atoms with van der Waals surface area (Å²) in [4.78, 5) is 4.73. The largest absolute Gasteiger partial charge is 0.389 e. The molecule has 3 heteroatoms. The molecule has 3 nitrogen and oxygen atoms in total. The third kappa shape index (κ3) is 10.5. The van der Waals surface area contributed by atoms with E-state index in [2.05, 4.69) is 176 Å². The minimum Gasteiger partial charge on any atom is -0.389 e. The van der Waals surface area contributed by atoms with Crippen LogP contribution in [0.25, 0.3) is 47.2 Å². The van der Waals surface area contributed by atoms with E-state index in [1.54, 1.807) is 0 Å². The molecule has 0 atom stereocenters. The third-order valence-corrected chi connectivity index (χ3v) is 9.43. The number of rotatable bonds is 13. The van der Waals surface area contributed by atoms with E-state index in [0.29, 0.717) is 0 Å². The van der Waals surface area contributed by atoms with Crippen molar-refractivity contribution in [1.82, 2.24) is 15.6 Å². The van der Waals surface area contributed by atoms with E-state index in [9.17, 15) is 0 Å². The number of fused-ring (bicyclic) bond motifs is 1. The van der Waals surface area contributed by atoms with E-state index < -0.39 is 0 Å². The van der Waals surface area contributed by atoms with Crippen molar-refractivity contribution < 1.29 is 0 Å². The molecule has 0 amide bonds. The predicted octanol–water partition coefficient (Wildman–Crippen LogP) is 12.4. The van der Waals surface area contributed by atoms with Gasteiger partial charge < -0.3 is 10.6 Å². The molecule has 0 saturated carbocycles. The number of hydrogen-bond acceptors (Lipinski definition) is 3. The zero-order chi connectivity index (χ0) is 38.1. The highest BCUT2D eigenvalue weighted by atomic mass is 14.8. The molecule has 0 unspecified atom stereocenters. The molecule has 0 radical (unpaired) electrons. The summed E-state index contributed by atoms with van der Waals surface area (Å²) in [7, 11) is 3.87. The SMILES string of the molecule is C=C(/C=C\c1cccnc1Cc1ccccc1/C=C\C=C(/NC)c1cc(/C=C/C=C\c2ccccc2C)cc(-c2cccc3c2C=CCC3)c1)NC.CC. The Morgan fingerprint density at radius 1 is 0.759 bits per heavy atom. The van der Waals surface area contributed by atoms with Gasteiger partial charge in [-0.2, -0.15) is 0 Å². The van der Waals surface area contributed by atoms with Crippen molar-refractivity contribution in [3.63, 3.8) is 0 Å². The molecule has 1 aromatic heterocycles. The summed E-state index contributed by atoms with van der Waals surface area (Å²) in [5.74, 6) is 0. The van der Waals surface area contributed by atoms with Crippen LogP contribution in [0.4, 0.5) is 0 Å². The molecule has 1 heterocycles. The van der Waals surface area contributed by atoms with Gasteiger partial charge in [0.05, 0.1) is 5.69 Å². The normalized spacial score (nSPS) is 12.6. The van der Waals surface area contributed by atoms with Crippen LogP contribution in [0.3, 0.4) is 0 Å². The van der Waals surface area contributed by atoms with Gasteiger partial charge in [0.2, 0.25) is 0 Å². The van der Waals surface area contributed by atoms with Crippen LogP contribution in [-0.2, 0) is 12.8 Å². The molecule has 0 bridgehead atoms. The van der Waals surface area contributed by atoms with Gasteiger partial charge in [0, 0.05) is 38.1 Å². The minimum absolute atomic E-state index is 0.724. The number of pyridine rings is 1. The van der Waals surface area contributed by atoms with Crippen molar-refractivity contribution in [2.75, 3.05) is 14.1 Å². The van der Waals surface area contributed by atoms with Gasteiger partial charge in [0.1, 0.15) is 0 Å². The van der Waals surface area contributed by atoms with Crippen molar-refractivity contribution in [1.29, 1.82) is 0 Å². The number of allylic oxidation sites excluding steroid dienone is 6. The fourth-order valence-corrected chi connectivity index (χ4v) is 6.51. The fourth-order valence-electron chi connectivity index (χ4n) is 6.51. The molecule has 0 spiro atoms. The lowest BCUT2D eigenvalue weighted by Crippen LogP contribution is -2.05. The lowest BCUT2D eigenvalue weighted by Gasteiger charge is -2.17. The van der Waals surface area contributed by atoms with Crippen molar-refractivity contribution in [3.05, 3.63) is 208 Å². The molecule has 0 saturated heterocycles. The smallest absolute Gasteiger partial charge is 0.0519 e. The van der Waals surface area contributed by atoms with Crippen LogP contribution in [0, 0.1) is 6.92 Å². The van der Waals surface area contributed by atoms with Gasteiger partial charge in [-0.3, -0.25) is 4.98 Å². The monoisotopic (exact) mass is 707 g/mol. The summed E-state index contributed by atoms with van der Waals surface area (Å²) in [6.45, 7) is 10.2. The number of benzene rings is 4. The first-order valence-corrected chi connectivity index (χ1v) is 19.0. The van der Waals surface area contributed by atoms with Crippen LogP contribution < -0.4 is 10.6 Å². The van der Waals surface area contributed by atoms with E-state index >= 15 is 0 Å². The number of nitrogens with zero attached hydrogens (tertiary/aromatic N) is 1. The Kier molecular flexibility index (Phi) is 14.6. The van der Waals surface area contributed by atoms with Gasteiger partial charge in [-0.15, -0.1) is 0 Å². The lowest BCUT2D eigenvalue weighted by molar-refractivity contribution is 0.986. The van der Waals surface area contributed by atoms with Crippen molar-refractivity contribution in [3.8, 4) is 11.1 Å². The first-order chi connectivity index (χ1) is 26.5. The number of aromatic nitrogens is 1. The van der Waals surface area contributed by atoms with Gasteiger partial charge in [0.15, 0.2) is 0 Å². The van der Waals surface area contributed by atoms with Gasteiger partial charge in [-0.25, -0.2) is 0 Å². The maximum absolute atomic E-state index is 4.73. The Morgan fingerprint density at radius 3 is 2.33 bits per heavy atom. The Bertz CT molecular complexity index is 2220. The molecule has 54 heavy (non-hydrogen) atoms. The molecule has 6 rings (SSSR count). The third-order valence-electron chi connectivity index (χ3n) is 9.43. The van der Waals surface area contributed by atoms with E-state index in [0.717, 1.165) is 58.6 Å². The maximum atomic E-state index is 4.73. The Morgan fingerprint density at radius 2 is 1.52 bits per heavy atom. The molecule has 5 aromatic rings. The van der Waals surface area contributed by atoms with Crippen LogP contribution in [-0.4, -0.2) is 19.1 Å². The Labute approximate surface area is 323 Å². The second kappa shape index (κ2) is 20.2. The first-order valence-electron chi connectivity index (χ1n) is 19.0. The van der Waals surface area contributed by atoms with E-state index in [4.69, 9.17) is 4.98 Å². The number of nitrogens with one attached hydrogen (secondary N) is 2. The van der Waals surface area contributed by atoms with Gasteiger partial charge >= 0.3 is 0 Å².